The molecule has 0 aromatic heterocycles. The molecule has 0 aromatic carbocycles. The number of methoxy groups -OCH3 is 1. The molecule has 3 fully saturated rings. The molecule has 3 rings (SSSR count). The zero-order valence-corrected chi connectivity index (χ0v) is 11.0. The molecule has 3 saturated heterocycles. The van der Waals surface area contributed by atoms with Gasteiger partial charge in [0.25, 0.3) is 0 Å². The third kappa shape index (κ3) is 2.68. The van der Waals surface area contributed by atoms with Crippen molar-refractivity contribution in [3.63, 3.8) is 0 Å². The van der Waals surface area contributed by atoms with E-state index in [0.717, 1.165) is 6.42 Å². The Labute approximate surface area is 102 Å². The van der Waals surface area contributed by atoms with Gasteiger partial charge in [-0.1, -0.05) is 0 Å². The minimum Gasteiger partial charge on any atom is -0.378 e. The first-order valence-corrected chi connectivity index (χ1v) is 7.52. The Hall–Kier alpha value is -0.0951. The molecule has 1 unspecified atom stereocenters. The van der Waals surface area contributed by atoms with Gasteiger partial charge < -0.3 is 24.0 Å². The molecule has 0 aliphatic carbocycles. The maximum Gasteiger partial charge on any atom is 0.142 e. The molecule has 2 N–H and O–H groups in total. The van der Waals surface area contributed by atoms with Crippen LogP contribution in [0.4, 0.5) is 0 Å². The molecule has 0 aromatic rings. The Balaban J connectivity index is 2.25. The standard InChI is InChI=1S/C10H18BO5P/c1-14-8-5-7-9(11)16-10(8,6-15-7)3-4-17(2,12)13/h3-4,7-9,12-13H,2,5-6,11H2,1H3/b4-3+/t7-,8+,9?,10+/m1/s1. The maximum atomic E-state index is 9.33. The minimum absolute atomic E-state index is 0.0188. The van der Waals surface area contributed by atoms with E-state index in [2.05, 4.69) is 6.30 Å². The van der Waals surface area contributed by atoms with Crippen molar-refractivity contribution in [1.82, 2.24) is 0 Å². The fourth-order valence-electron chi connectivity index (χ4n) is 2.40. The molecule has 96 valence electrons. The fraction of sp³-hybridized carbons (Fsp3) is 0.700. The molecule has 7 heteroatoms. The van der Waals surface area contributed by atoms with E-state index < -0.39 is 12.9 Å². The van der Waals surface area contributed by atoms with Crippen molar-refractivity contribution in [2.45, 2.75) is 30.2 Å². The quantitative estimate of drug-likeness (QED) is 0.518. The fourth-order valence-corrected chi connectivity index (χ4v) is 2.89. The zero-order valence-electron chi connectivity index (χ0n) is 10.1. The lowest BCUT2D eigenvalue weighted by Crippen LogP contribution is -2.64. The van der Waals surface area contributed by atoms with E-state index in [1.54, 1.807) is 13.2 Å². The molecule has 17 heavy (non-hydrogen) atoms. The molecular weight excluding hydrogens is 242 g/mol. The lowest BCUT2D eigenvalue weighted by Gasteiger charge is -2.52. The van der Waals surface area contributed by atoms with Gasteiger partial charge in [-0.3, -0.25) is 0 Å². The van der Waals surface area contributed by atoms with E-state index in [1.807, 2.05) is 7.85 Å². The summed E-state index contributed by atoms with van der Waals surface area (Å²) in [5.41, 5.74) is -0.725. The molecule has 5 nitrogen and oxygen atoms in total. The second-order valence-electron chi connectivity index (χ2n) is 4.69. The summed E-state index contributed by atoms with van der Waals surface area (Å²) in [6.07, 6.45) is 5.61. The highest BCUT2D eigenvalue weighted by Gasteiger charge is 2.52. The Morgan fingerprint density at radius 3 is 2.82 bits per heavy atom. The number of ether oxygens (including phenoxy) is 3. The smallest absolute Gasteiger partial charge is 0.142 e. The summed E-state index contributed by atoms with van der Waals surface area (Å²) in [4.78, 5) is 18.7. The van der Waals surface area contributed by atoms with Crippen LogP contribution in [0.1, 0.15) is 6.42 Å². The van der Waals surface area contributed by atoms with E-state index in [4.69, 9.17) is 14.2 Å². The third-order valence-electron chi connectivity index (χ3n) is 3.32. The van der Waals surface area contributed by atoms with Gasteiger partial charge in [0.2, 0.25) is 0 Å². The van der Waals surface area contributed by atoms with E-state index in [0.29, 0.717) is 6.61 Å². The highest BCUT2D eigenvalue weighted by molar-refractivity contribution is 7.65. The SMILES string of the molecule is BC1O[C@@]2(/C=C/P(=C)(O)O)CO[C@@H]1C[C@@H]2OC. The van der Waals surface area contributed by atoms with E-state index in [9.17, 15) is 9.79 Å². The van der Waals surface area contributed by atoms with Gasteiger partial charge in [-0.15, -0.1) is 0 Å². The number of hydrogen-bond acceptors (Lipinski definition) is 5. The van der Waals surface area contributed by atoms with E-state index >= 15 is 0 Å². The van der Waals surface area contributed by atoms with Crippen LogP contribution in [0.5, 0.6) is 0 Å². The van der Waals surface area contributed by atoms with Gasteiger partial charge in [0.1, 0.15) is 20.8 Å². The van der Waals surface area contributed by atoms with Crippen molar-refractivity contribution in [1.29, 1.82) is 0 Å². The summed E-state index contributed by atoms with van der Waals surface area (Å²) in [5.74, 6) is 1.31. The van der Waals surface area contributed by atoms with Crippen molar-refractivity contribution in [3.8, 4) is 0 Å². The van der Waals surface area contributed by atoms with Crippen LogP contribution in [0, 0.1) is 0 Å². The first kappa shape index (κ1) is 13.3. The predicted octanol–water partition coefficient (Wildman–Crippen LogP) is -0.704. The first-order chi connectivity index (χ1) is 7.86. The molecule has 3 aliphatic heterocycles. The Morgan fingerprint density at radius 1 is 1.59 bits per heavy atom. The van der Waals surface area contributed by atoms with Crippen LogP contribution < -0.4 is 0 Å². The molecular formula is C10H18BO5P. The van der Waals surface area contributed by atoms with Gasteiger partial charge in [-0.25, -0.2) is 0 Å². The second kappa shape index (κ2) is 4.54. The van der Waals surface area contributed by atoms with Gasteiger partial charge in [0.05, 0.1) is 24.8 Å². The zero-order chi connectivity index (χ0) is 12.7. The molecule has 2 bridgehead atoms. The van der Waals surface area contributed by atoms with Crippen LogP contribution in [0.15, 0.2) is 11.9 Å². The monoisotopic (exact) mass is 260 g/mol. The topological polar surface area (TPSA) is 68.2 Å². The van der Waals surface area contributed by atoms with Crippen LogP contribution >= 0.6 is 7.34 Å². The molecule has 3 aliphatic rings. The van der Waals surface area contributed by atoms with Crippen LogP contribution in [-0.2, 0) is 14.2 Å². The number of fused-ring (bicyclic) bond motifs is 3. The Bertz CT molecular complexity index is 368. The highest BCUT2D eigenvalue weighted by Crippen LogP contribution is 2.42. The molecule has 0 saturated carbocycles. The normalized spacial score (nSPS) is 42.2. The second-order valence-corrected chi connectivity index (χ2v) is 6.56. The minimum atomic E-state index is -3.20. The highest BCUT2D eigenvalue weighted by atomic mass is 31.2. The summed E-state index contributed by atoms with van der Waals surface area (Å²) in [6, 6.07) is -0.0188. The van der Waals surface area contributed by atoms with Gasteiger partial charge in [0.15, 0.2) is 0 Å². The Kier molecular flexibility index (Phi) is 3.56. The van der Waals surface area contributed by atoms with Crippen molar-refractivity contribution in [2.24, 2.45) is 0 Å². The molecule has 3 heterocycles. The summed E-state index contributed by atoms with van der Waals surface area (Å²) in [6.45, 7) is 0.372. The predicted molar refractivity (Wildman–Crippen MR) is 68.9 cm³/mol. The average Bonchev–Trinajstić information content (AvgIpc) is 2.26. The van der Waals surface area contributed by atoms with Crippen LogP contribution in [0.25, 0.3) is 0 Å². The summed E-state index contributed by atoms with van der Waals surface area (Å²) < 4.78 is 17.0. The lowest BCUT2D eigenvalue weighted by molar-refractivity contribution is -0.273. The van der Waals surface area contributed by atoms with Gasteiger partial charge in [0, 0.05) is 13.5 Å². The van der Waals surface area contributed by atoms with Crippen molar-refractivity contribution in [3.05, 3.63) is 11.9 Å². The molecule has 0 spiro atoms. The van der Waals surface area contributed by atoms with Crippen molar-refractivity contribution < 1.29 is 24.0 Å². The average molecular weight is 260 g/mol. The summed E-state index contributed by atoms with van der Waals surface area (Å²) in [7, 11) is 0.372. The largest absolute Gasteiger partial charge is 0.378 e. The first-order valence-electron chi connectivity index (χ1n) is 5.57. The lowest BCUT2D eigenvalue weighted by atomic mass is 9.78. The van der Waals surface area contributed by atoms with E-state index in [1.165, 1.54) is 5.82 Å². The van der Waals surface area contributed by atoms with Gasteiger partial charge in [-0.2, -0.15) is 0 Å². The van der Waals surface area contributed by atoms with Crippen LogP contribution in [0.2, 0.25) is 0 Å². The van der Waals surface area contributed by atoms with Gasteiger partial charge >= 0.3 is 0 Å². The third-order valence-corrected chi connectivity index (χ3v) is 3.95. The van der Waals surface area contributed by atoms with Crippen molar-refractivity contribution >= 4 is 21.5 Å². The van der Waals surface area contributed by atoms with Crippen LogP contribution in [-0.4, -0.2) is 61.5 Å². The molecule has 0 radical (unpaired) electrons. The summed E-state index contributed by atoms with van der Waals surface area (Å²) in [5, 5.41) is 0. The summed E-state index contributed by atoms with van der Waals surface area (Å²) >= 11 is 0. The van der Waals surface area contributed by atoms with Crippen molar-refractivity contribution in [2.75, 3.05) is 13.7 Å². The Morgan fingerprint density at radius 2 is 2.29 bits per heavy atom. The maximum absolute atomic E-state index is 9.33. The van der Waals surface area contributed by atoms with Crippen LogP contribution in [0.3, 0.4) is 0 Å². The number of rotatable bonds is 3. The molecule has 4 atom stereocenters. The molecule has 0 amide bonds. The number of hydrogen-bond donors (Lipinski definition) is 2. The van der Waals surface area contributed by atoms with Gasteiger partial charge in [-0.05, 0) is 18.2 Å². The van der Waals surface area contributed by atoms with E-state index in [-0.39, 0.29) is 18.2 Å².